The SMILES string of the molecule is CCOC(=O)C1CCN(S(=O)(=O)c2c(C(C)C)cc(C(C)C)cc2C(C)C)CC1. The van der Waals surface area contributed by atoms with E-state index in [-0.39, 0.29) is 23.7 Å². The van der Waals surface area contributed by atoms with Gasteiger partial charge in [0.05, 0.1) is 17.4 Å². The molecule has 1 fully saturated rings. The molecule has 0 atom stereocenters. The van der Waals surface area contributed by atoms with Crippen molar-refractivity contribution in [3.63, 3.8) is 0 Å². The van der Waals surface area contributed by atoms with Crippen LogP contribution in [-0.2, 0) is 19.6 Å². The van der Waals surface area contributed by atoms with Gasteiger partial charge in [0.15, 0.2) is 0 Å². The first kappa shape index (κ1) is 23.9. The molecule has 2 rings (SSSR count). The average molecular weight is 424 g/mol. The number of benzene rings is 1. The molecule has 0 amide bonds. The molecule has 0 radical (unpaired) electrons. The highest BCUT2D eigenvalue weighted by Gasteiger charge is 2.36. The highest BCUT2D eigenvalue weighted by atomic mass is 32.2. The van der Waals surface area contributed by atoms with E-state index in [1.54, 1.807) is 11.2 Å². The van der Waals surface area contributed by atoms with Gasteiger partial charge in [-0.25, -0.2) is 8.42 Å². The van der Waals surface area contributed by atoms with Gasteiger partial charge in [-0.3, -0.25) is 4.79 Å². The number of ether oxygens (including phenoxy) is 1. The predicted molar refractivity (Wildman–Crippen MR) is 117 cm³/mol. The van der Waals surface area contributed by atoms with Crippen LogP contribution in [-0.4, -0.2) is 38.4 Å². The second kappa shape index (κ2) is 9.61. The van der Waals surface area contributed by atoms with Gasteiger partial charge in [-0.2, -0.15) is 4.31 Å². The summed E-state index contributed by atoms with van der Waals surface area (Å²) in [4.78, 5) is 12.5. The lowest BCUT2D eigenvalue weighted by molar-refractivity contribution is -0.149. The smallest absolute Gasteiger partial charge is 0.309 e. The number of hydrogen-bond donors (Lipinski definition) is 0. The zero-order valence-corrected chi connectivity index (χ0v) is 19.8. The fourth-order valence-electron chi connectivity index (χ4n) is 3.91. The van der Waals surface area contributed by atoms with E-state index >= 15 is 0 Å². The van der Waals surface area contributed by atoms with Crippen LogP contribution in [0.15, 0.2) is 17.0 Å². The zero-order valence-electron chi connectivity index (χ0n) is 19.0. The molecular formula is C23H37NO4S. The summed E-state index contributed by atoms with van der Waals surface area (Å²) in [6.45, 7) is 15.3. The normalized spacial score (nSPS) is 16.8. The van der Waals surface area contributed by atoms with Crippen LogP contribution < -0.4 is 0 Å². The predicted octanol–water partition coefficient (Wildman–Crippen LogP) is 5.02. The van der Waals surface area contributed by atoms with Gasteiger partial charge in [-0.15, -0.1) is 0 Å². The van der Waals surface area contributed by atoms with Crippen molar-refractivity contribution in [2.75, 3.05) is 19.7 Å². The molecule has 1 aromatic rings. The van der Waals surface area contributed by atoms with E-state index in [4.69, 9.17) is 4.74 Å². The summed E-state index contributed by atoms with van der Waals surface area (Å²) >= 11 is 0. The highest BCUT2D eigenvalue weighted by molar-refractivity contribution is 7.89. The van der Waals surface area contributed by atoms with Gasteiger partial charge in [0.1, 0.15) is 0 Å². The fraction of sp³-hybridized carbons (Fsp3) is 0.696. The van der Waals surface area contributed by atoms with Crippen LogP contribution in [0.5, 0.6) is 0 Å². The van der Waals surface area contributed by atoms with Gasteiger partial charge >= 0.3 is 5.97 Å². The number of nitrogens with zero attached hydrogens (tertiary/aromatic N) is 1. The number of rotatable bonds is 7. The standard InChI is InChI=1S/C23H37NO4S/c1-8-28-23(25)18-9-11-24(12-10-18)29(26,27)22-20(16(4)5)13-19(15(2)3)14-21(22)17(6)7/h13-18H,8-12H2,1-7H3. The topological polar surface area (TPSA) is 63.7 Å². The Labute approximate surface area is 176 Å². The van der Waals surface area contributed by atoms with Crippen molar-refractivity contribution in [3.8, 4) is 0 Å². The summed E-state index contributed by atoms with van der Waals surface area (Å²) in [6, 6.07) is 4.14. The number of hydrogen-bond acceptors (Lipinski definition) is 4. The summed E-state index contributed by atoms with van der Waals surface area (Å²) in [7, 11) is -3.64. The number of esters is 1. The minimum atomic E-state index is -3.64. The molecular weight excluding hydrogens is 386 g/mol. The number of carbonyl (C=O) groups is 1. The van der Waals surface area contributed by atoms with E-state index in [0.29, 0.717) is 43.4 Å². The maximum Gasteiger partial charge on any atom is 0.309 e. The van der Waals surface area contributed by atoms with Crippen LogP contribution in [0.3, 0.4) is 0 Å². The first-order valence-corrected chi connectivity index (χ1v) is 12.3. The molecule has 1 heterocycles. The maximum absolute atomic E-state index is 13.7. The molecule has 0 spiro atoms. The Morgan fingerprint density at radius 3 is 1.86 bits per heavy atom. The van der Waals surface area contributed by atoms with Gasteiger partial charge in [0.25, 0.3) is 0 Å². The largest absolute Gasteiger partial charge is 0.466 e. The Hall–Kier alpha value is -1.40. The maximum atomic E-state index is 13.7. The van der Waals surface area contributed by atoms with Crippen LogP contribution in [0.1, 0.15) is 95.8 Å². The van der Waals surface area contributed by atoms with Crippen LogP contribution in [0.4, 0.5) is 0 Å². The van der Waals surface area contributed by atoms with E-state index in [9.17, 15) is 13.2 Å². The van der Waals surface area contributed by atoms with E-state index < -0.39 is 10.0 Å². The van der Waals surface area contributed by atoms with Crippen molar-refractivity contribution in [1.29, 1.82) is 0 Å². The summed E-state index contributed by atoms with van der Waals surface area (Å²) in [5, 5.41) is 0. The molecule has 1 saturated heterocycles. The highest BCUT2D eigenvalue weighted by Crippen LogP contribution is 2.37. The molecule has 0 saturated carbocycles. The average Bonchev–Trinajstić information content (AvgIpc) is 2.66. The zero-order chi connectivity index (χ0) is 21.9. The molecule has 5 nitrogen and oxygen atoms in total. The second-order valence-electron chi connectivity index (χ2n) is 8.92. The molecule has 0 aliphatic carbocycles. The Morgan fingerprint density at radius 1 is 1.00 bits per heavy atom. The lowest BCUT2D eigenvalue weighted by Crippen LogP contribution is -2.41. The van der Waals surface area contributed by atoms with Crippen molar-refractivity contribution >= 4 is 16.0 Å². The molecule has 0 bridgehead atoms. The summed E-state index contributed by atoms with van der Waals surface area (Å²) < 4.78 is 34.1. The van der Waals surface area contributed by atoms with Crippen LogP contribution >= 0.6 is 0 Å². The van der Waals surface area contributed by atoms with Crippen molar-refractivity contribution in [1.82, 2.24) is 4.31 Å². The van der Waals surface area contributed by atoms with E-state index in [1.165, 1.54) is 5.56 Å². The molecule has 164 valence electrons. The number of carbonyl (C=O) groups excluding carboxylic acids is 1. The third-order valence-corrected chi connectivity index (χ3v) is 7.78. The van der Waals surface area contributed by atoms with Crippen molar-refractivity contribution in [2.45, 2.75) is 84.0 Å². The first-order valence-electron chi connectivity index (χ1n) is 10.8. The van der Waals surface area contributed by atoms with Crippen molar-refractivity contribution in [2.24, 2.45) is 5.92 Å². The number of sulfonamides is 1. The number of piperidine rings is 1. The lowest BCUT2D eigenvalue weighted by Gasteiger charge is -2.32. The van der Waals surface area contributed by atoms with Crippen LogP contribution in [0.25, 0.3) is 0 Å². The summed E-state index contributed by atoms with van der Waals surface area (Å²) in [6.07, 6.45) is 1.02. The molecule has 0 aromatic heterocycles. The third-order valence-electron chi connectivity index (χ3n) is 5.75. The van der Waals surface area contributed by atoms with Crippen molar-refractivity contribution < 1.29 is 17.9 Å². The molecule has 1 aliphatic rings. The lowest BCUT2D eigenvalue weighted by atomic mass is 9.89. The van der Waals surface area contributed by atoms with Gasteiger partial charge in [-0.1, -0.05) is 53.7 Å². The van der Waals surface area contributed by atoms with Gasteiger partial charge < -0.3 is 4.74 Å². The summed E-state index contributed by atoms with van der Waals surface area (Å²) in [5.41, 5.74) is 2.97. The fourth-order valence-corrected chi connectivity index (χ4v) is 6.04. The van der Waals surface area contributed by atoms with E-state index in [2.05, 4.69) is 53.7 Å². The molecule has 29 heavy (non-hydrogen) atoms. The Balaban J connectivity index is 2.45. The molecule has 1 aromatic carbocycles. The van der Waals surface area contributed by atoms with Gasteiger partial charge in [0.2, 0.25) is 10.0 Å². The molecule has 1 aliphatic heterocycles. The monoisotopic (exact) mass is 423 g/mol. The minimum absolute atomic E-state index is 0.105. The quantitative estimate of drug-likeness (QED) is 0.578. The van der Waals surface area contributed by atoms with Crippen LogP contribution in [0, 0.1) is 5.92 Å². The molecule has 6 heteroatoms. The summed E-state index contributed by atoms with van der Waals surface area (Å²) in [5.74, 6) is 0.124. The Morgan fingerprint density at radius 2 is 1.48 bits per heavy atom. The van der Waals surface area contributed by atoms with E-state index in [1.807, 2.05) is 0 Å². The molecule has 0 unspecified atom stereocenters. The first-order chi connectivity index (χ1) is 13.5. The minimum Gasteiger partial charge on any atom is -0.466 e. The Bertz CT molecular complexity index is 790. The van der Waals surface area contributed by atoms with Gasteiger partial charge in [0, 0.05) is 13.1 Å². The van der Waals surface area contributed by atoms with E-state index in [0.717, 1.165) is 11.1 Å². The second-order valence-corrected chi connectivity index (χ2v) is 10.8. The van der Waals surface area contributed by atoms with Gasteiger partial charge in [-0.05, 0) is 54.2 Å². The third kappa shape index (κ3) is 5.21. The molecule has 0 N–H and O–H groups in total. The van der Waals surface area contributed by atoms with Crippen LogP contribution in [0.2, 0.25) is 0 Å². The van der Waals surface area contributed by atoms with Crippen molar-refractivity contribution in [3.05, 3.63) is 28.8 Å². The Kier molecular flexibility index (Phi) is 7.91.